The highest BCUT2D eigenvalue weighted by Gasteiger charge is 2.11. The summed E-state index contributed by atoms with van der Waals surface area (Å²) in [4.78, 5) is 4.29. The van der Waals surface area contributed by atoms with Crippen molar-refractivity contribution in [2.75, 3.05) is 6.54 Å². The van der Waals surface area contributed by atoms with E-state index in [-0.39, 0.29) is 0 Å². The molecule has 0 spiro atoms. The molecule has 0 fully saturated rings. The first-order valence-corrected chi connectivity index (χ1v) is 7.63. The van der Waals surface area contributed by atoms with Crippen molar-refractivity contribution in [3.05, 3.63) is 50.7 Å². The van der Waals surface area contributed by atoms with Crippen LogP contribution in [0, 0.1) is 6.92 Å². The maximum Gasteiger partial charge on any atom is 0.147 e. The van der Waals surface area contributed by atoms with Crippen molar-refractivity contribution in [3.8, 4) is 11.5 Å². The molecule has 1 N–H and O–H groups in total. The molecule has 0 bridgehead atoms. The highest BCUT2D eigenvalue weighted by atomic mass is 35.5. The number of halogens is 3. The zero-order valence-electron chi connectivity index (χ0n) is 11.7. The van der Waals surface area contributed by atoms with E-state index in [1.807, 2.05) is 19.9 Å². The van der Waals surface area contributed by atoms with Crippen molar-refractivity contribution in [2.24, 2.45) is 0 Å². The number of nitrogens with one attached hydrogen (secondary N) is 1. The van der Waals surface area contributed by atoms with E-state index in [9.17, 15) is 0 Å². The lowest BCUT2D eigenvalue weighted by atomic mass is 10.2. The second kappa shape index (κ2) is 7.32. The number of aryl methyl sites for hydroxylation is 1. The molecule has 0 amide bonds. The Morgan fingerprint density at radius 3 is 2.48 bits per heavy atom. The molecule has 0 saturated heterocycles. The van der Waals surface area contributed by atoms with Gasteiger partial charge in [0.15, 0.2) is 0 Å². The first-order valence-electron chi connectivity index (χ1n) is 6.50. The quantitative estimate of drug-likeness (QED) is 0.751. The van der Waals surface area contributed by atoms with Crippen LogP contribution in [0.25, 0.3) is 0 Å². The van der Waals surface area contributed by atoms with Crippen LogP contribution in [0.1, 0.15) is 18.2 Å². The fourth-order valence-corrected chi connectivity index (χ4v) is 2.33. The molecule has 0 aliphatic carbocycles. The minimum Gasteiger partial charge on any atom is -0.455 e. The van der Waals surface area contributed by atoms with Crippen LogP contribution >= 0.6 is 34.8 Å². The Hall–Kier alpha value is -1.000. The number of hydrogen-bond acceptors (Lipinski definition) is 3. The summed E-state index contributed by atoms with van der Waals surface area (Å²) < 4.78 is 5.90. The van der Waals surface area contributed by atoms with E-state index in [0.717, 1.165) is 17.8 Å². The number of pyridine rings is 1. The largest absolute Gasteiger partial charge is 0.455 e. The lowest BCUT2D eigenvalue weighted by Crippen LogP contribution is -2.12. The number of rotatable bonds is 5. The van der Waals surface area contributed by atoms with Crippen LogP contribution in [-0.4, -0.2) is 11.5 Å². The molecule has 3 nitrogen and oxygen atoms in total. The molecular formula is C15H15Cl3N2O. The maximum atomic E-state index is 6.15. The molecule has 112 valence electrons. The number of ether oxygens (including phenoxy) is 1. The van der Waals surface area contributed by atoms with Gasteiger partial charge in [-0.15, -0.1) is 0 Å². The van der Waals surface area contributed by atoms with E-state index in [1.54, 1.807) is 18.3 Å². The van der Waals surface area contributed by atoms with Gasteiger partial charge in [0, 0.05) is 36.1 Å². The fourth-order valence-electron chi connectivity index (χ4n) is 1.75. The molecule has 0 aliphatic rings. The van der Waals surface area contributed by atoms with Crippen LogP contribution in [0.3, 0.4) is 0 Å². The third-order valence-electron chi connectivity index (χ3n) is 2.84. The molecule has 0 unspecified atom stereocenters. The topological polar surface area (TPSA) is 34.2 Å². The van der Waals surface area contributed by atoms with Crippen LogP contribution in [0.4, 0.5) is 0 Å². The van der Waals surface area contributed by atoms with Gasteiger partial charge in [-0.25, -0.2) is 0 Å². The molecule has 1 aromatic heterocycles. The molecule has 1 heterocycles. The average molecular weight is 346 g/mol. The zero-order chi connectivity index (χ0) is 15.4. The highest BCUT2D eigenvalue weighted by Crippen LogP contribution is 2.37. The predicted octanol–water partition coefficient (Wildman–Crippen LogP) is 5.25. The molecular weight excluding hydrogens is 331 g/mol. The molecule has 0 radical (unpaired) electrons. The van der Waals surface area contributed by atoms with Gasteiger partial charge >= 0.3 is 0 Å². The van der Waals surface area contributed by atoms with E-state index >= 15 is 0 Å². The molecule has 1 aromatic carbocycles. The molecule has 0 atom stereocenters. The third kappa shape index (κ3) is 4.24. The Morgan fingerprint density at radius 1 is 1.05 bits per heavy atom. The summed E-state index contributed by atoms with van der Waals surface area (Å²) in [5.41, 5.74) is 1.81. The summed E-state index contributed by atoms with van der Waals surface area (Å²) in [5.74, 6) is 1.16. The van der Waals surface area contributed by atoms with Gasteiger partial charge in [0.25, 0.3) is 0 Å². The van der Waals surface area contributed by atoms with Crippen molar-refractivity contribution in [3.63, 3.8) is 0 Å². The van der Waals surface area contributed by atoms with Gasteiger partial charge in [-0.3, -0.25) is 4.98 Å². The van der Waals surface area contributed by atoms with Gasteiger partial charge in [0.1, 0.15) is 11.5 Å². The number of nitrogens with zero attached hydrogens (tertiary/aromatic N) is 1. The molecule has 2 rings (SSSR count). The summed E-state index contributed by atoms with van der Waals surface area (Å²) in [6, 6.07) is 5.04. The smallest absolute Gasteiger partial charge is 0.147 e. The summed E-state index contributed by atoms with van der Waals surface area (Å²) in [5, 5.41) is 4.45. The van der Waals surface area contributed by atoms with Crippen LogP contribution in [0.2, 0.25) is 15.1 Å². The standard InChI is InChI=1S/C15H15Cl3N2O/c1-3-19-7-10-8-20-9(2)4-14(10)21-15-6-12(17)11(16)5-13(15)18/h4-6,8,19H,3,7H2,1-2H3. The normalized spacial score (nSPS) is 10.7. The Morgan fingerprint density at radius 2 is 1.76 bits per heavy atom. The Labute approximate surface area is 139 Å². The van der Waals surface area contributed by atoms with Crippen LogP contribution < -0.4 is 10.1 Å². The first-order chi connectivity index (χ1) is 10.0. The Kier molecular flexibility index (Phi) is 5.71. The van der Waals surface area contributed by atoms with E-state index in [0.29, 0.717) is 33.1 Å². The lowest BCUT2D eigenvalue weighted by molar-refractivity contribution is 0.472. The second-order valence-corrected chi connectivity index (χ2v) is 5.73. The summed E-state index contributed by atoms with van der Waals surface area (Å²) in [6.07, 6.45) is 1.79. The Bertz CT molecular complexity index is 647. The lowest BCUT2D eigenvalue weighted by Gasteiger charge is -2.13. The van der Waals surface area contributed by atoms with Gasteiger partial charge in [0.2, 0.25) is 0 Å². The van der Waals surface area contributed by atoms with E-state index in [4.69, 9.17) is 39.5 Å². The van der Waals surface area contributed by atoms with Crippen LogP contribution in [0.5, 0.6) is 11.5 Å². The van der Waals surface area contributed by atoms with Crippen molar-refractivity contribution >= 4 is 34.8 Å². The van der Waals surface area contributed by atoms with Gasteiger partial charge in [-0.2, -0.15) is 0 Å². The third-order valence-corrected chi connectivity index (χ3v) is 3.86. The van der Waals surface area contributed by atoms with E-state index < -0.39 is 0 Å². The van der Waals surface area contributed by atoms with Crippen LogP contribution in [-0.2, 0) is 6.54 Å². The molecule has 2 aromatic rings. The minimum atomic E-state index is 0.396. The predicted molar refractivity (Wildman–Crippen MR) is 87.9 cm³/mol. The van der Waals surface area contributed by atoms with E-state index in [2.05, 4.69) is 10.3 Å². The van der Waals surface area contributed by atoms with Gasteiger partial charge in [0.05, 0.1) is 15.1 Å². The SMILES string of the molecule is CCNCc1cnc(C)cc1Oc1cc(Cl)c(Cl)cc1Cl. The summed E-state index contributed by atoms with van der Waals surface area (Å²) in [7, 11) is 0. The Balaban J connectivity index is 2.34. The molecule has 21 heavy (non-hydrogen) atoms. The van der Waals surface area contributed by atoms with Gasteiger partial charge < -0.3 is 10.1 Å². The van der Waals surface area contributed by atoms with Crippen molar-refractivity contribution < 1.29 is 4.74 Å². The molecule has 0 aliphatic heterocycles. The number of hydrogen-bond donors (Lipinski definition) is 1. The summed E-state index contributed by atoms with van der Waals surface area (Å²) in [6.45, 7) is 5.47. The first kappa shape index (κ1) is 16.4. The zero-order valence-corrected chi connectivity index (χ0v) is 14.0. The minimum absolute atomic E-state index is 0.396. The van der Waals surface area contributed by atoms with E-state index in [1.165, 1.54) is 0 Å². The monoisotopic (exact) mass is 344 g/mol. The highest BCUT2D eigenvalue weighted by molar-refractivity contribution is 6.43. The molecule has 6 heteroatoms. The maximum absolute atomic E-state index is 6.15. The second-order valence-electron chi connectivity index (χ2n) is 4.51. The van der Waals surface area contributed by atoms with Crippen LogP contribution in [0.15, 0.2) is 24.4 Å². The van der Waals surface area contributed by atoms with Crippen molar-refractivity contribution in [2.45, 2.75) is 20.4 Å². The van der Waals surface area contributed by atoms with Crippen molar-refractivity contribution in [1.82, 2.24) is 10.3 Å². The van der Waals surface area contributed by atoms with Gasteiger partial charge in [-0.05, 0) is 19.5 Å². The number of benzene rings is 1. The average Bonchev–Trinajstić information content (AvgIpc) is 2.44. The fraction of sp³-hybridized carbons (Fsp3) is 0.267. The van der Waals surface area contributed by atoms with Crippen molar-refractivity contribution in [1.29, 1.82) is 0 Å². The summed E-state index contributed by atoms with van der Waals surface area (Å²) >= 11 is 18.1. The van der Waals surface area contributed by atoms with Gasteiger partial charge in [-0.1, -0.05) is 41.7 Å². The number of aromatic nitrogens is 1. The molecule has 0 saturated carbocycles.